The van der Waals surface area contributed by atoms with Crippen LogP contribution in [0.4, 0.5) is 11.4 Å². The zero-order valence-corrected chi connectivity index (χ0v) is 16.9. The first-order valence-corrected chi connectivity index (χ1v) is 9.62. The number of ether oxygens (including phenoxy) is 2. The maximum absolute atomic E-state index is 12.0. The Morgan fingerprint density at radius 2 is 1.61 bits per heavy atom. The molecule has 8 heteroatoms. The Balaban J connectivity index is 1.56. The Morgan fingerprint density at radius 3 is 2.35 bits per heavy atom. The van der Waals surface area contributed by atoms with Crippen molar-refractivity contribution in [2.45, 2.75) is 6.92 Å². The van der Waals surface area contributed by atoms with Gasteiger partial charge in [0.25, 0.3) is 5.91 Å². The Labute approximate surface area is 179 Å². The summed E-state index contributed by atoms with van der Waals surface area (Å²) in [5.74, 6) is 0.575. The van der Waals surface area contributed by atoms with Crippen LogP contribution in [0.25, 0.3) is 0 Å². The van der Waals surface area contributed by atoms with Gasteiger partial charge < -0.3 is 14.6 Å². The summed E-state index contributed by atoms with van der Waals surface area (Å²) < 4.78 is 10.9. The van der Waals surface area contributed by atoms with Crippen molar-refractivity contribution in [1.29, 1.82) is 0 Å². The molecule has 0 aliphatic carbocycles. The summed E-state index contributed by atoms with van der Waals surface area (Å²) in [7, 11) is 0. The lowest BCUT2D eigenvalue weighted by molar-refractivity contribution is -0.123. The highest BCUT2D eigenvalue weighted by Crippen LogP contribution is 2.26. The molecule has 0 radical (unpaired) electrons. The second-order valence-electron chi connectivity index (χ2n) is 6.24. The molecule has 0 saturated carbocycles. The van der Waals surface area contributed by atoms with Gasteiger partial charge in [0.1, 0.15) is 5.75 Å². The highest BCUT2D eigenvalue weighted by atomic mass is 16.5. The molecule has 0 aliphatic rings. The fourth-order valence-electron chi connectivity index (χ4n) is 2.51. The van der Waals surface area contributed by atoms with E-state index in [1.54, 1.807) is 30.3 Å². The van der Waals surface area contributed by atoms with Crippen molar-refractivity contribution in [2.75, 3.05) is 13.2 Å². The third-order valence-electron chi connectivity index (χ3n) is 3.95. The first kappa shape index (κ1) is 21.5. The number of aromatic hydroxyl groups is 1. The van der Waals surface area contributed by atoms with E-state index < -0.39 is 5.91 Å². The van der Waals surface area contributed by atoms with Crippen LogP contribution in [0.1, 0.15) is 12.5 Å². The third-order valence-corrected chi connectivity index (χ3v) is 3.95. The summed E-state index contributed by atoms with van der Waals surface area (Å²) in [5.41, 5.74) is 3.98. The number of amides is 1. The van der Waals surface area contributed by atoms with Crippen LogP contribution in [0, 0.1) is 0 Å². The topological polar surface area (TPSA) is 105 Å². The molecule has 0 unspecified atom stereocenters. The number of rotatable bonds is 9. The van der Waals surface area contributed by atoms with Gasteiger partial charge in [0.2, 0.25) is 0 Å². The number of nitrogens with zero attached hydrogens (tertiary/aromatic N) is 3. The van der Waals surface area contributed by atoms with Crippen LogP contribution < -0.4 is 14.9 Å². The average molecular weight is 418 g/mol. The monoisotopic (exact) mass is 418 g/mol. The first-order valence-electron chi connectivity index (χ1n) is 9.62. The number of para-hydroxylation sites is 2. The zero-order chi connectivity index (χ0) is 21.9. The van der Waals surface area contributed by atoms with E-state index in [1.807, 2.05) is 43.3 Å². The first-order chi connectivity index (χ1) is 15.2. The lowest BCUT2D eigenvalue weighted by Gasteiger charge is -2.10. The minimum atomic E-state index is -0.457. The highest BCUT2D eigenvalue weighted by molar-refractivity contribution is 5.86. The molecule has 1 amide bonds. The van der Waals surface area contributed by atoms with Crippen LogP contribution in [0.3, 0.4) is 0 Å². The summed E-state index contributed by atoms with van der Waals surface area (Å²) in [5, 5.41) is 22.1. The van der Waals surface area contributed by atoms with E-state index in [9.17, 15) is 9.90 Å². The standard InChI is InChI=1S/C23H22N4O4/c1-2-30-21-10-6-7-11-22(21)31-16-23(29)27-24-15-17-14-19(12-13-20(17)28)26-25-18-8-4-3-5-9-18/h3-15,28H,2,16H2,1H3,(H,27,29)/b24-15+,26-25?. The largest absolute Gasteiger partial charge is 0.507 e. The number of carbonyl (C=O) groups is 1. The average Bonchev–Trinajstić information content (AvgIpc) is 2.80. The second kappa shape index (κ2) is 11.1. The van der Waals surface area contributed by atoms with E-state index in [1.165, 1.54) is 12.3 Å². The van der Waals surface area contributed by atoms with Crippen LogP contribution in [0.15, 0.2) is 88.1 Å². The van der Waals surface area contributed by atoms with Crippen molar-refractivity contribution in [3.05, 3.63) is 78.4 Å². The number of hydrogen-bond acceptors (Lipinski definition) is 7. The van der Waals surface area contributed by atoms with Crippen molar-refractivity contribution in [3.8, 4) is 17.2 Å². The van der Waals surface area contributed by atoms with Crippen LogP contribution in [-0.4, -0.2) is 30.4 Å². The summed E-state index contributed by atoms with van der Waals surface area (Å²) in [6, 6.07) is 21.1. The van der Waals surface area contributed by atoms with Gasteiger partial charge in [0.05, 0.1) is 24.2 Å². The minimum Gasteiger partial charge on any atom is -0.507 e. The van der Waals surface area contributed by atoms with E-state index >= 15 is 0 Å². The van der Waals surface area contributed by atoms with E-state index in [0.717, 1.165) is 0 Å². The molecule has 3 rings (SSSR count). The second-order valence-corrected chi connectivity index (χ2v) is 6.24. The fraction of sp³-hybridized carbons (Fsp3) is 0.130. The molecule has 0 spiro atoms. The van der Waals surface area contributed by atoms with Gasteiger partial charge in [0.15, 0.2) is 18.1 Å². The van der Waals surface area contributed by atoms with Gasteiger partial charge in [-0.25, -0.2) is 5.43 Å². The smallest absolute Gasteiger partial charge is 0.277 e. The molecule has 3 aromatic carbocycles. The summed E-state index contributed by atoms with van der Waals surface area (Å²) in [6.45, 7) is 2.12. The molecule has 2 N–H and O–H groups in total. The van der Waals surface area contributed by atoms with Gasteiger partial charge in [-0.1, -0.05) is 30.3 Å². The van der Waals surface area contributed by atoms with Gasteiger partial charge in [-0.05, 0) is 49.4 Å². The van der Waals surface area contributed by atoms with Gasteiger partial charge in [-0.2, -0.15) is 15.3 Å². The Morgan fingerprint density at radius 1 is 0.935 bits per heavy atom. The molecule has 8 nitrogen and oxygen atoms in total. The number of benzene rings is 3. The van der Waals surface area contributed by atoms with Crippen LogP contribution in [-0.2, 0) is 4.79 Å². The van der Waals surface area contributed by atoms with Crippen molar-refractivity contribution < 1.29 is 19.4 Å². The predicted molar refractivity (Wildman–Crippen MR) is 118 cm³/mol. The number of phenolic OH excluding ortho intramolecular Hbond substituents is 1. The quantitative estimate of drug-likeness (QED) is 0.298. The number of hydrazone groups is 1. The van der Waals surface area contributed by atoms with Gasteiger partial charge in [-0.15, -0.1) is 0 Å². The lowest BCUT2D eigenvalue weighted by atomic mass is 10.2. The van der Waals surface area contributed by atoms with Gasteiger partial charge in [0, 0.05) is 5.56 Å². The third kappa shape index (κ3) is 6.67. The summed E-state index contributed by atoms with van der Waals surface area (Å²) >= 11 is 0. The van der Waals surface area contributed by atoms with Crippen LogP contribution in [0.2, 0.25) is 0 Å². The van der Waals surface area contributed by atoms with E-state index in [-0.39, 0.29) is 12.4 Å². The SMILES string of the molecule is CCOc1ccccc1OCC(=O)N/N=C/c1cc(N=Nc2ccccc2)ccc1O. The maximum Gasteiger partial charge on any atom is 0.277 e. The zero-order valence-electron chi connectivity index (χ0n) is 16.9. The fourth-order valence-corrected chi connectivity index (χ4v) is 2.51. The number of azo groups is 1. The molecule has 0 fully saturated rings. The number of hydrogen-bond donors (Lipinski definition) is 2. The number of carbonyl (C=O) groups excluding carboxylic acids is 1. The number of nitrogens with one attached hydrogen (secondary N) is 1. The molecule has 31 heavy (non-hydrogen) atoms. The van der Waals surface area contributed by atoms with Crippen molar-refractivity contribution in [2.24, 2.45) is 15.3 Å². The molecule has 0 aromatic heterocycles. The Bertz CT molecular complexity index is 1070. The van der Waals surface area contributed by atoms with E-state index in [4.69, 9.17) is 9.47 Å². The predicted octanol–water partition coefficient (Wildman–Crippen LogP) is 4.74. The van der Waals surface area contributed by atoms with Crippen molar-refractivity contribution in [1.82, 2.24) is 5.43 Å². The van der Waals surface area contributed by atoms with Crippen molar-refractivity contribution >= 4 is 23.5 Å². The molecule has 0 atom stereocenters. The summed E-state index contributed by atoms with van der Waals surface area (Å²) in [6.07, 6.45) is 1.32. The molecule has 0 heterocycles. The maximum atomic E-state index is 12.0. The Hall–Kier alpha value is -4.20. The molecule has 0 bridgehead atoms. The van der Waals surface area contributed by atoms with E-state index in [0.29, 0.717) is 35.0 Å². The molecule has 0 aliphatic heterocycles. The van der Waals surface area contributed by atoms with E-state index in [2.05, 4.69) is 20.8 Å². The molecular formula is C23H22N4O4. The van der Waals surface area contributed by atoms with Crippen LogP contribution >= 0.6 is 0 Å². The van der Waals surface area contributed by atoms with Gasteiger partial charge >= 0.3 is 0 Å². The lowest BCUT2D eigenvalue weighted by Crippen LogP contribution is -2.24. The van der Waals surface area contributed by atoms with Crippen molar-refractivity contribution in [3.63, 3.8) is 0 Å². The number of phenols is 1. The van der Waals surface area contributed by atoms with Gasteiger partial charge in [-0.3, -0.25) is 4.79 Å². The summed E-state index contributed by atoms with van der Waals surface area (Å²) in [4.78, 5) is 12.0. The normalized spacial score (nSPS) is 11.0. The Kier molecular flexibility index (Phi) is 7.70. The van der Waals surface area contributed by atoms with Crippen LogP contribution in [0.5, 0.6) is 17.2 Å². The molecule has 0 saturated heterocycles. The molecule has 158 valence electrons. The molecular weight excluding hydrogens is 396 g/mol. The minimum absolute atomic E-state index is 0.00134. The molecule has 3 aromatic rings. The highest BCUT2D eigenvalue weighted by Gasteiger charge is 2.07.